The average Bonchev–Trinajstić information content (AvgIpc) is 2.95. The normalized spacial score (nSPS) is 11.1. The van der Waals surface area contributed by atoms with Gasteiger partial charge in [-0.05, 0) is 12.8 Å². The van der Waals surface area contributed by atoms with Crippen molar-refractivity contribution in [2.24, 2.45) is 13.0 Å². The van der Waals surface area contributed by atoms with E-state index in [2.05, 4.69) is 29.1 Å². The Morgan fingerprint density at radius 1 is 1.45 bits per heavy atom. The second-order valence-electron chi connectivity index (χ2n) is 4.94. The van der Waals surface area contributed by atoms with Crippen LogP contribution in [0.25, 0.3) is 11.5 Å². The molecule has 0 spiro atoms. The molecule has 0 saturated carbocycles. The Morgan fingerprint density at radius 2 is 2.20 bits per heavy atom. The first-order valence-electron chi connectivity index (χ1n) is 6.62. The summed E-state index contributed by atoms with van der Waals surface area (Å²) in [4.78, 5) is 16.3. The van der Waals surface area contributed by atoms with Crippen molar-refractivity contribution >= 4 is 5.97 Å². The van der Waals surface area contributed by atoms with E-state index >= 15 is 0 Å². The minimum absolute atomic E-state index is 0.210. The fraction of sp³-hybridized carbons (Fsp3) is 0.538. The molecule has 2 aromatic heterocycles. The van der Waals surface area contributed by atoms with Gasteiger partial charge in [0.1, 0.15) is 5.69 Å². The van der Waals surface area contributed by atoms with Crippen molar-refractivity contribution in [3.05, 3.63) is 18.1 Å². The quantitative estimate of drug-likeness (QED) is 0.774. The van der Waals surface area contributed by atoms with Gasteiger partial charge in [-0.3, -0.25) is 0 Å². The van der Waals surface area contributed by atoms with Crippen molar-refractivity contribution in [3.63, 3.8) is 0 Å². The van der Waals surface area contributed by atoms with Gasteiger partial charge >= 0.3 is 5.97 Å². The van der Waals surface area contributed by atoms with Gasteiger partial charge in [0.2, 0.25) is 5.69 Å². The molecule has 108 valence electrons. The third kappa shape index (κ3) is 2.71. The zero-order valence-electron chi connectivity index (χ0n) is 12.2. The molecule has 2 heterocycles. The summed E-state index contributed by atoms with van der Waals surface area (Å²) in [6.45, 7) is 6.88. The van der Waals surface area contributed by atoms with E-state index in [1.165, 1.54) is 0 Å². The van der Waals surface area contributed by atoms with E-state index in [1.54, 1.807) is 17.8 Å². The monoisotopic (exact) mass is 277 g/mol. The lowest BCUT2D eigenvalue weighted by Crippen LogP contribution is -2.12. The highest BCUT2D eigenvalue weighted by Crippen LogP contribution is 2.21. The van der Waals surface area contributed by atoms with E-state index in [0.29, 0.717) is 30.6 Å². The minimum atomic E-state index is -0.472. The molecule has 0 radical (unpaired) electrons. The van der Waals surface area contributed by atoms with Gasteiger partial charge in [-0.15, -0.1) is 5.10 Å². The summed E-state index contributed by atoms with van der Waals surface area (Å²) in [5.41, 5.74) is 0.812. The number of aryl methyl sites for hydroxylation is 1. The van der Waals surface area contributed by atoms with E-state index in [-0.39, 0.29) is 5.69 Å². The van der Waals surface area contributed by atoms with Crippen molar-refractivity contribution in [3.8, 4) is 11.5 Å². The number of ether oxygens (including phenoxy) is 1. The fourth-order valence-corrected chi connectivity index (χ4v) is 1.94. The van der Waals surface area contributed by atoms with Gasteiger partial charge in [0.15, 0.2) is 5.82 Å². The van der Waals surface area contributed by atoms with Crippen LogP contribution in [0.5, 0.6) is 0 Å². The molecule has 0 atom stereocenters. The van der Waals surface area contributed by atoms with E-state index in [0.717, 1.165) is 0 Å². The molecule has 0 aliphatic heterocycles. The number of nitrogens with zero attached hydrogens (tertiary/aromatic N) is 5. The Balaban J connectivity index is 2.51. The van der Waals surface area contributed by atoms with Crippen LogP contribution in [0.4, 0.5) is 0 Å². The summed E-state index contributed by atoms with van der Waals surface area (Å²) in [6.07, 6.45) is 3.49. The average molecular weight is 277 g/mol. The van der Waals surface area contributed by atoms with Crippen molar-refractivity contribution in [2.45, 2.75) is 27.3 Å². The molecule has 2 aromatic rings. The number of esters is 1. The molecule has 0 bridgehead atoms. The molecule has 0 N–H and O–H groups in total. The number of carbonyl (C=O) groups excluding carboxylic acids is 1. The molecule has 7 heteroatoms. The van der Waals surface area contributed by atoms with Gasteiger partial charge in [-0.1, -0.05) is 19.1 Å². The van der Waals surface area contributed by atoms with Gasteiger partial charge in [0.05, 0.1) is 6.61 Å². The van der Waals surface area contributed by atoms with Crippen molar-refractivity contribution in [1.82, 2.24) is 24.5 Å². The Morgan fingerprint density at radius 3 is 2.75 bits per heavy atom. The standard InChI is InChI=1S/C13H19N5O2/c1-5-20-13(19)10-11(12-14-6-7-17(12)4)18(16-15-10)8-9(2)3/h6-7,9H,5,8H2,1-4H3. The molecule has 0 unspecified atom stereocenters. The first-order chi connectivity index (χ1) is 9.54. The molecule has 0 aromatic carbocycles. The highest BCUT2D eigenvalue weighted by molar-refractivity contribution is 5.93. The second-order valence-corrected chi connectivity index (χ2v) is 4.94. The highest BCUT2D eigenvalue weighted by Gasteiger charge is 2.25. The second kappa shape index (κ2) is 5.85. The maximum Gasteiger partial charge on any atom is 0.361 e. The molecule has 0 aliphatic rings. The van der Waals surface area contributed by atoms with Crippen molar-refractivity contribution in [1.29, 1.82) is 0 Å². The Hall–Kier alpha value is -2.18. The van der Waals surface area contributed by atoms with E-state index in [1.807, 2.05) is 17.8 Å². The van der Waals surface area contributed by atoms with Crippen LogP contribution in [-0.2, 0) is 18.3 Å². The molecule has 0 fully saturated rings. The number of rotatable bonds is 5. The van der Waals surface area contributed by atoms with Crippen LogP contribution in [0.15, 0.2) is 12.4 Å². The molecule has 20 heavy (non-hydrogen) atoms. The fourth-order valence-electron chi connectivity index (χ4n) is 1.94. The predicted octanol–water partition coefficient (Wildman–Crippen LogP) is 1.51. The van der Waals surface area contributed by atoms with Gasteiger partial charge in [-0.2, -0.15) is 0 Å². The zero-order chi connectivity index (χ0) is 14.7. The van der Waals surface area contributed by atoms with E-state index in [4.69, 9.17) is 4.74 Å². The molecular formula is C13H19N5O2. The van der Waals surface area contributed by atoms with Crippen LogP contribution in [-0.4, -0.2) is 37.1 Å². The van der Waals surface area contributed by atoms with Crippen LogP contribution in [0, 0.1) is 5.92 Å². The van der Waals surface area contributed by atoms with E-state index in [9.17, 15) is 4.79 Å². The van der Waals surface area contributed by atoms with Crippen LogP contribution in [0.1, 0.15) is 31.3 Å². The number of aromatic nitrogens is 5. The first kappa shape index (κ1) is 14.2. The zero-order valence-corrected chi connectivity index (χ0v) is 12.2. The Bertz CT molecular complexity index is 600. The van der Waals surface area contributed by atoms with Gasteiger partial charge in [0.25, 0.3) is 0 Å². The number of hydrogen-bond donors (Lipinski definition) is 0. The van der Waals surface area contributed by atoms with Gasteiger partial charge in [0, 0.05) is 26.0 Å². The molecular weight excluding hydrogens is 258 g/mol. The summed E-state index contributed by atoms with van der Waals surface area (Å²) < 4.78 is 8.57. The van der Waals surface area contributed by atoms with Crippen LogP contribution in [0.2, 0.25) is 0 Å². The summed E-state index contributed by atoms with van der Waals surface area (Å²) >= 11 is 0. The number of hydrogen-bond acceptors (Lipinski definition) is 5. The van der Waals surface area contributed by atoms with Crippen molar-refractivity contribution in [2.75, 3.05) is 6.61 Å². The maximum atomic E-state index is 12.0. The lowest BCUT2D eigenvalue weighted by atomic mass is 10.2. The van der Waals surface area contributed by atoms with Crippen LogP contribution in [0.3, 0.4) is 0 Å². The van der Waals surface area contributed by atoms with E-state index < -0.39 is 5.97 Å². The van der Waals surface area contributed by atoms with Crippen molar-refractivity contribution < 1.29 is 9.53 Å². The molecule has 0 saturated heterocycles. The largest absolute Gasteiger partial charge is 0.461 e. The summed E-state index contributed by atoms with van der Waals surface area (Å²) in [7, 11) is 1.87. The molecule has 7 nitrogen and oxygen atoms in total. The summed E-state index contributed by atoms with van der Waals surface area (Å²) in [6, 6.07) is 0. The predicted molar refractivity (Wildman–Crippen MR) is 73.0 cm³/mol. The summed E-state index contributed by atoms with van der Waals surface area (Å²) in [5.74, 6) is 0.560. The minimum Gasteiger partial charge on any atom is -0.461 e. The lowest BCUT2D eigenvalue weighted by Gasteiger charge is -2.09. The molecule has 2 rings (SSSR count). The maximum absolute atomic E-state index is 12.0. The Kier molecular flexibility index (Phi) is 4.16. The molecule has 0 aliphatic carbocycles. The SMILES string of the molecule is CCOC(=O)c1nnn(CC(C)C)c1-c1nccn1C. The Labute approximate surface area is 117 Å². The smallest absolute Gasteiger partial charge is 0.361 e. The molecule has 0 amide bonds. The number of imidazole rings is 1. The van der Waals surface area contributed by atoms with Gasteiger partial charge < -0.3 is 9.30 Å². The number of carbonyl (C=O) groups is 1. The van der Waals surface area contributed by atoms with Gasteiger partial charge in [-0.25, -0.2) is 14.5 Å². The first-order valence-corrected chi connectivity index (χ1v) is 6.62. The lowest BCUT2D eigenvalue weighted by molar-refractivity contribution is 0.0520. The van der Waals surface area contributed by atoms with Crippen LogP contribution < -0.4 is 0 Å². The third-order valence-corrected chi connectivity index (χ3v) is 2.77. The highest BCUT2D eigenvalue weighted by atomic mass is 16.5. The third-order valence-electron chi connectivity index (χ3n) is 2.77. The topological polar surface area (TPSA) is 74.8 Å². The summed E-state index contributed by atoms with van der Waals surface area (Å²) in [5, 5.41) is 8.04. The van der Waals surface area contributed by atoms with Crippen LogP contribution >= 0.6 is 0 Å².